The first-order valence-electron chi connectivity index (χ1n) is 7.01. The van der Waals surface area contributed by atoms with E-state index in [1.165, 1.54) is 24.6 Å². The van der Waals surface area contributed by atoms with Crippen LogP contribution in [0.25, 0.3) is 0 Å². The molecule has 2 atom stereocenters. The quantitative estimate of drug-likeness (QED) is 0.805. The Morgan fingerprint density at radius 1 is 1.43 bits per heavy atom. The van der Waals surface area contributed by atoms with E-state index in [1.807, 2.05) is 0 Å². The first-order chi connectivity index (χ1) is 10.0. The normalized spacial score (nSPS) is 22.1. The lowest BCUT2D eigenvalue weighted by molar-refractivity contribution is -0.0498. The van der Waals surface area contributed by atoms with Gasteiger partial charge in [0.1, 0.15) is 5.75 Å². The standard InChI is InChI=1S/C15H18BrF2NO2/c16-12-5-1-3-10(7-12)9-19-14(20)11-4-2-6-13(8-11)21-15(17)18/h2,4,6,8,10,12,15H,1,3,5,7,9H2,(H,19,20). The fourth-order valence-corrected chi connectivity index (χ4v) is 3.42. The van der Waals surface area contributed by atoms with Crippen LogP contribution in [0, 0.1) is 5.92 Å². The smallest absolute Gasteiger partial charge is 0.387 e. The molecule has 1 saturated carbocycles. The molecular weight excluding hydrogens is 344 g/mol. The van der Waals surface area contributed by atoms with Gasteiger partial charge in [-0.15, -0.1) is 0 Å². The molecular formula is C15H18BrF2NO2. The highest BCUT2D eigenvalue weighted by Crippen LogP contribution is 2.28. The number of carbonyl (C=O) groups is 1. The van der Waals surface area contributed by atoms with Crippen LogP contribution < -0.4 is 10.1 Å². The van der Waals surface area contributed by atoms with E-state index in [0.717, 1.165) is 19.3 Å². The first kappa shape index (κ1) is 16.2. The van der Waals surface area contributed by atoms with Crippen molar-refractivity contribution in [2.45, 2.75) is 37.1 Å². The van der Waals surface area contributed by atoms with Gasteiger partial charge in [0, 0.05) is 16.9 Å². The highest BCUT2D eigenvalue weighted by molar-refractivity contribution is 9.09. The van der Waals surface area contributed by atoms with Gasteiger partial charge >= 0.3 is 6.61 Å². The predicted molar refractivity (Wildman–Crippen MR) is 80.1 cm³/mol. The Balaban J connectivity index is 1.88. The average molecular weight is 362 g/mol. The Kier molecular flexibility index (Phi) is 5.96. The lowest BCUT2D eigenvalue weighted by Crippen LogP contribution is -2.31. The van der Waals surface area contributed by atoms with E-state index in [0.29, 0.717) is 22.9 Å². The summed E-state index contributed by atoms with van der Waals surface area (Å²) in [5, 5.41) is 2.87. The highest BCUT2D eigenvalue weighted by Gasteiger charge is 2.20. The monoisotopic (exact) mass is 361 g/mol. The van der Waals surface area contributed by atoms with Crippen molar-refractivity contribution in [3.63, 3.8) is 0 Å². The number of rotatable bonds is 5. The zero-order chi connectivity index (χ0) is 15.2. The fourth-order valence-electron chi connectivity index (χ4n) is 2.56. The van der Waals surface area contributed by atoms with E-state index in [9.17, 15) is 13.6 Å². The number of hydrogen-bond donors (Lipinski definition) is 1. The van der Waals surface area contributed by atoms with E-state index in [-0.39, 0.29) is 11.7 Å². The molecule has 0 spiro atoms. The van der Waals surface area contributed by atoms with E-state index in [4.69, 9.17) is 0 Å². The van der Waals surface area contributed by atoms with Gasteiger partial charge in [-0.25, -0.2) is 0 Å². The lowest BCUT2D eigenvalue weighted by atomic mass is 9.89. The molecule has 0 heterocycles. The van der Waals surface area contributed by atoms with Crippen LogP contribution in [0.1, 0.15) is 36.0 Å². The molecule has 3 nitrogen and oxygen atoms in total. The van der Waals surface area contributed by atoms with Crippen molar-refractivity contribution in [2.24, 2.45) is 5.92 Å². The largest absolute Gasteiger partial charge is 0.435 e. The zero-order valence-electron chi connectivity index (χ0n) is 11.5. The lowest BCUT2D eigenvalue weighted by Gasteiger charge is -2.25. The number of nitrogens with one attached hydrogen (secondary N) is 1. The molecule has 1 aromatic carbocycles. The minimum atomic E-state index is -2.89. The van der Waals surface area contributed by atoms with E-state index >= 15 is 0 Å². The van der Waals surface area contributed by atoms with Crippen molar-refractivity contribution in [1.82, 2.24) is 5.32 Å². The summed E-state index contributed by atoms with van der Waals surface area (Å²) < 4.78 is 28.6. The summed E-state index contributed by atoms with van der Waals surface area (Å²) in [5.74, 6) is 0.204. The maximum Gasteiger partial charge on any atom is 0.387 e. The van der Waals surface area contributed by atoms with Gasteiger partial charge in [-0.2, -0.15) is 8.78 Å². The topological polar surface area (TPSA) is 38.3 Å². The molecule has 0 bridgehead atoms. The third kappa shape index (κ3) is 5.26. The van der Waals surface area contributed by atoms with Crippen molar-refractivity contribution in [3.8, 4) is 5.75 Å². The fraction of sp³-hybridized carbons (Fsp3) is 0.533. The van der Waals surface area contributed by atoms with Gasteiger partial charge in [-0.3, -0.25) is 4.79 Å². The minimum absolute atomic E-state index is 0.00385. The van der Waals surface area contributed by atoms with Crippen LogP contribution >= 0.6 is 15.9 Å². The van der Waals surface area contributed by atoms with E-state index < -0.39 is 6.61 Å². The van der Waals surface area contributed by atoms with Crippen LogP contribution in [0.2, 0.25) is 0 Å². The van der Waals surface area contributed by atoms with Crippen LogP contribution in [-0.2, 0) is 0 Å². The highest BCUT2D eigenvalue weighted by atomic mass is 79.9. The second-order valence-electron chi connectivity index (χ2n) is 5.25. The summed E-state index contributed by atoms with van der Waals surface area (Å²) in [6.07, 6.45) is 4.50. The Labute approximate surface area is 131 Å². The van der Waals surface area contributed by atoms with Gasteiger partial charge in [-0.05, 0) is 43.4 Å². The van der Waals surface area contributed by atoms with Crippen LogP contribution in [0.5, 0.6) is 5.75 Å². The zero-order valence-corrected chi connectivity index (χ0v) is 13.1. The molecule has 2 unspecified atom stereocenters. The van der Waals surface area contributed by atoms with Crippen molar-refractivity contribution < 1.29 is 18.3 Å². The van der Waals surface area contributed by atoms with Gasteiger partial charge in [0.25, 0.3) is 5.91 Å². The Morgan fingerprint density at radius 3 is 2.95 bits per heavy atom. The maximum atomic E-state index is 12.2. The van der Waals surface area contributed by atoms with Crippen molar-refractivity contribution >= 4 is 21.8 Å². The number of ether oxygens (including phenoxy) is 1. The molecule has 116 valence electrons. The summed E-state index contributed by atoms with van der Waals surface area (Å²) in [6.45, 7) is -2.28. The van der Waals surface area contributed by atoms with Gasteiger partial charge in [-0.1, -0.05) is 28.4 Å². The summed E-state index contributed by atoms with van der Waals surface area (Å²) in [7, 11) is 0. The summed E-state index contributed by atoms with van der Waals surface area (Å²) in [5.41, 5.74) is 0.333. The van der Waals surface area contributed by atoms with E-state index in [1.54, 1.807) is 6.07 Å². The van der Waals surface area contributed by atoms with Gasteiger partial charge in [0.2, 0.25) is 0 Å². The number of benzene rings is 1. The molecule has 1 aromatic rings. The van der Waals surface area contributed by atoms with Crippen molar-refractivity contribution in [1.29, 1.82) is 0 Å². The summed E-state index contributed by atoms with van der Waals surface area (Å²) in [4.78, 5) is 12.6. The van der Waals surface area contributed by atoms with Gasteiger partial charge in [0.05, 0.1) is 0 Å². The van der Waals surface area contributed by atoms with E-state index in [2.05, 4.69) is 26.0 Å². The van der Waals surface area contributed by atoms with Crippen LogP contribution in [0.3, 0.4) is 0 Å². The first-order valence-corrected chi connectivity index (χ1v) is 7.93. The Morgan fingerprint density at radius 2 is 2.24 bits per heavy atom. The molecule has 1 aliphatic carbocycles. The molecule has 0 radical (unpaired) electrons. The Bertz CT molecular complexity index is 484. The number of halogens is 3. The van der Waals surface area contributed by atoms with Crippen LogP contribution in [-0.4, -0.2) is 23.9 Å². The van der Waals surface area contributed by atoms with Gasteiger partial charge in [0.15, 0.2) is 0 Å². The predicted octanol–water partition coefficient (Wildman–Crippen LogP) is 3.97. The van der Waals surface area contributed by atoms with Crippen molar-refractivity contribution in [2.75, 3.05) is 6.54 Å². The maximum absolute atomic E-state index is 12.2. The Hall–Kier alpha value is -1.17. The molecule has 1 fully saturated rings. The number of carbonyl (C=O) groups excluding carboxylic acids is 1. The number of alkyl halides is 3. The second kappa shape index (κ2) is 7.73. The molecule has 2 rings (SSSR count). The van der Waals surface area contributed by atoms with Crippen molar-refractivity contribution in [3.05, 3.63) is 29.8 Å². The molecule has 1 amide bonds. The second-order valence-corrected chi connectivity index (χ2v) is 6.54. The molecule has 1 N–H and O–H groups in total. The molecule has 0 aliphatic heterocycles. The van der Waals surface area contributed by atoms with Gasteiger partial charge < -0.3 is 10.1 Å². The molecule has 0 aromatic heterocycles. The number of amides is 1. The number of hydrogen-bond acceptors (Lipinski definition) is 2. The summed E-state index contributed by atoms with van der Waals surface area (Å²) in [6, 6.07) is 5.85. The SMILES string of the molecule is O=C(NCC1CCCC(Br)C1)c1cccc(OC(F)F)c1. The van der Waals surface area contributed by atoms with Crippen LogP contribution in [0.4, 0.5) is 8.78 Å². The minimum Gasteiger partial charge on any atom is -0.435 e. The third-order valence-electron chi connectivity index (χ3n) is 3.59. The average Bonchev–Trinajstić information content (AvgIpc) is 2.44. The third-order valence-corrected chi connectivity index (χ3v) is 4.42. The molecule has 21 heavy (non-hydrogen) atoms. The summed E-state index contributed by atoms with van der Waals surface area (Å²) >= 11 is 3.61. The molecule has 6 heteroatoms. The molecule has 1 aliphatic rings. The van der Waals surface area contributed by atoms with Crippen LogP contribution in [0.15, 0.2) is 24.3 Å². The molecule has 0 saturated heterocycles.